The highest BCUT2D eigenvalue weighted by molar-refractivity contribution is 4.90. The summed E-state index contributed by atoms with van der Waals surface area (Å²) < 4.78 is 0. The number of β-amino-alcohol motifs (C(OH)–C–C–N with tert-alkyl or cyclic N) is 1. The van der Waals surface area contributed by atoms with E-state index >= 15 is 0 Å². The fourth-order valence-corrected chi connectivity index (χ4v) is 2.55. The van der Waals surface area contributed by atoms with Crippen LogP contribution < -0.4 is 5.32 Å². The second kappa shape index (κ2) is 3.95. The van der Waals surface area contributed by atoms with Crippen molar-refractivity contribution < 1.29 is 5.11 Å². The fraction of sp³-hybridized carbons (Fsp3) is 1.00. The molecule has 76 valence electrons. The van der Waals surface area contributed by atoms with E-state index in [-0.39, 0.29) is 6.10 Å². The molecule has 2 rings (SSSR count). The number of aliphatic hydroxyl groups is 1. The van der Waals surface area contributed by atoms with Gasteiger partial charge in [-0.1, -0.05) is 6.92 Å². The molecule has 3 unspecified atom stereocenters. The molecule has 0 bridgehead atoms. The van der Waals surface area contributed by atoms with Crippen molar-refractivity contribution in [3.05, 3.63) is 0 Å². The van der Waals surface area contributed by atoms with Crippen molar-refractivity contribution in [1.82, 2.24) is 10.2 Å². The minimum atomic E-state index is -0.148. The Hall–Kier alpha value is -0.120. The van der Waals surface area contributed by atoms with Crippen molar-refractivity contribution in [3.63, 3.8) is 0 Å². The molecular formula is C10H20N2O. The summed E-state index contributed by atoms with van der Waals surface area (Å²) in [6.07, 6.45) is 2.50. The summed E-state index contributed by atoms with van der Waals surface area (Å²) in [4.78, 5) is 2.46. The van der Waals surface area contributed by atoms with Crippen LogP contribution >= 0.6 is 0 Å². The van der Waals surface area contributed by atoms with Crippen molar-refractivity contribution >= 4 is 0 Å². The lowest BCUT2D eigenvalue weighted by atomic mass is 9.98. The summed E-state index contributed by atoms with van der Waals surface area (Å²) in [6.45, 7) is 6.39. The van der Waals surface area contributed by atoms with Gasteiger partial charge in [0.2, 0.25) is 0 Å². The second-order valence-electron chi connectivity index (χ2n) is 4.54. The summed E-state index contributed by atoms with van der Waals surface area (Å²) in [6, 6.07) is 0.378. The molecular weight excluding hydrogens is 164 g/mol. The quantitative estimate of drug-likeness (QED) is 0.604. The van der Waals surface area contributed by atoms with Crippen molar-refractivity contribution in [2.75, 3.05) is 26.2 Å². The van der Waals surface area contributed by atoms with Crippen LogP contribution in [0.3, 0.4) is 0 Å². The maximum Gasteiger partial charge on any atom is 0.0831 e. The van der Waals surface area contributed by atoms with Gasteiger partial charge >= 0.3 is 0 Å². The molecule has 0 amide bonds. The zero-order valence-corrected chi connectivity index (χ0v) is 8.37. The van der Waals surface area contributed by atoms with Crippen molar-refractivity contribution in [3.8, 4) is 0 Å². The highest BCUT2D eigenvalue weighted by atomic mass is 16.3. The van der Waals surface area contributed by atoms with Gasteiger partial charge in [0.1, 0.15) is 0 Å². The number of nitrogens with one attached hydrogen (secondary N) is 1. The van der Waals surface area contributed by atoms with E-state index in [1.54, 1.807) is 0 Å². The first-order valence-corrected chi connectivity index (χ1v) is 5.40. The van der Waals surface area contributed by atoms with Gasteiger partial charge in [-0.3, -0.25) is 4.90 Å². The monoisotopic (exact) mass is 184 g/mol. The van der Waals surface area contributed by atoms with Gasteiger partial charge in [0.15, 0.2) is 0 Å². The van der Waals surface area contributed by atoms with E-state index in [1.807, 2.05) is 0 Å². The number of piperidine rings is 1. The molecule has 0 aromatic carbocycles. The van der Waals surface area contributed by atoms with E-state index in [9.17, 15) is 5.11 Å². The molecule has 0 aliphatic carbocycles. The Morgan fingerprint density at radius 3 is 2.85 bits per heavy atom. The lowest BCUT2D eigenvalue weighted by Gasteiger charge is -2.36. The van der Waals surface area contributed by atoms with Crippen LogP contribution in [0.1, 0.15) is 19.8 Å². The van der Waals surface area contributed by atoms with Crippen LogP contribution in [-0.2, 0) is 0 Å². The predicted molar refractivity (Wildman–Crippen MR) is 52.6 cm³/mol. The highest BCUT2D eigenvalue weighted by Gasteiger charge is 2.32. The Morgan fingerprint density at radius 1 is 1.38 bits per heavy atom. The van der Waals surface area contributed by atoms with Gasteiger partial charge in [-0.05, 0) is 25.3 Å². The Morgan fingerprint density at radius 2 is 2.23 bits per heavy atom. The molecule has 0 aromatic heterocycles. The minimum Gasteiger partial charge on any atom is -0.390 e. The molecule has 0 radical (unpaired) electrons. The van der Waals surface area contributed by atoms with Crippen LogP contribution in [0.25, 0.3) is 0 Å². The first kappa shape index (κ1) is 9.44. The van der Waals surface area contributed by atoms with Crippen molar-refractivity contribution in [2.24, 2.45) is 5.92 Å². The summed E-state index contributed by atoms with van der Waals surface area (Å²) in [7, 11) is 0. The van der Waals surface area contributed by atoms with Gasteiger partial charge < -0.3 is 10.4 Å². The molecule has 0 saturated carbocycles. The van der Waals surface area contributed by atoms with E-state index in [1.165, 1.54) is 25.9 Å². The number of hydrogen-bond acceptors (Lipinski definition) is 3. The maximum absolute atomic E-state index is 9.72. The van der Waals surface area contributed by atoms with E-state index in [2.05, 4.69) is 17.1 Å². The van der Waals surface area contributed by atoms with E-state index in [4.69, 9.17) is 0 Å². The molecule has 2 N–H and O–H groups in total. The van der Waals surface area contributed by atoms with Crippen LogP contribution in [-0.4, -0.2) is 48.3 Å². The third kappa shape index (κ3) is 2.03. The lowest BCUT2D eigenvalue weighted by Crippen LogP contribution is -2.47. The molecule has 3 nitrogen and oxygen atoms in total. The zero-order valence-electron chi connectivity index (χ0n) is 8.37. The summed E-state index contributed by atoms with van der Waals surface area (Å²) >= 11 is 0. The highest BCUT2D eigenvalue weighted by Crippen LogP contribution is 2.20. The molecule has 3 heteroatoms. The second-order valence-corrected chi connectivity index (χ2v) is 4.54. The smallest absolute Gasteiger partial charge is 0.0831 e. The van der Waals surface area contributed by atoms with Crippen molar-refractivity contribution in [2.45, 2.75) is 31.9 Å². The third-order valence-electron chi connectivity index (χ3n) is 3.31. The Bertz CT molecular complexity index is 174. The van der Waals surface area contributed by atoms with Crippen LogP contribution in [0.2, 0.25) is 0 Å². The summed E-state index contributed by atoms with van der Waals surface area (Å²) in [5.74, 6) is 0.807. The van der Waals surface area contributed by atoms with Gasteiger partial charge in [-0.25, -0.2) is 0 Å². The molecule has 0 aromatic rings. The molecule has 3 atom stereocenters. The molecule has 2 fully saturated rings. The van der Waals surface area contributed by atoms with Gasteiger partial charge in [-0.15, -0.1) is 0 Å². The third-order valence-corrected chi connectivity index (χ3v) is 3.31. The fourth-order valence-electron chi connectivity index (χ4n) is 2.55. The number of nitrogens with zero attached hydrogens (tertiary/aromatic N) is 1. The minimum absolute atomic E-state index is 0.148. The zero-order chi connectivity index (χ0) is 9.26. The molecule has 2 saturated heterocycles. The van der Waals surface area contributed by atoms with Crippen LogP contribution in [0.15, 0.2) is 0 Å². The predicted octanol–water partition coefficient (Wildman–Crippen LogP) is 0.0510. The van der Waals surface area contributed by atoms with Crippen LogP contribution in [0.4, 0.5) is 0 Å². The maximum atomic E-state index is 9.72. The van der Waals surface area contributed by atoms with Gasteiger partial charge in [0.25, 0.3) is 0 Å². The number of likely N-dealkylation sites (tertiary alicyclic amines) is 1. The lowest BCUT2D eigenvalue weighted by molar-refractivity contribution is 0.0566. The van der Waals surface area contributed by atoms with Crippen molar-refractivity contribution in [1.29, 1.82) is 0 Å². The molecule has 2 heterocycles. The number of aliphatic hydroxyl groups excluding tert-OH is 1. The average Bonchev–Trinajstić information content (AvgIpc) is 2.51. The molecule has 0 spiro atoms. The average molecular weight is 184 g/mol. The van der Waals surface area contributed by atoms with E-state index in [0.717, 1.165) is 19.0 Å². The largest absolute Gasteiger partial charge is 0.390 e. The normalized spacial score (nSPS) is 42.5. The Balaban J connectivity index is 1.91. The van der Waals surface area contributed by atoms with Gasteiger partial charge in [0, 0.05) is 25.7 Å². The standard InChI is InChI=1S/C10H20N2O/c1-8-3-2-4-12(7-8)9-5-11-6-10(9)13/h8-11,13H,2-7H2,1H3. The molecule has 2 aliphatic heterocycles. The number of rotatable bonds is 1. The van der Waals surface area contributed by atoms with Gasteiger partial charge in [-0.2, -0.15) is 0 Å². The first-order chi connectivity index (χ1) is 6.27. The van der Waals surface area contributed by atoms with Crippen LogP contribution in [0.5, 0.6) is 0 Å². The van der Waals surface area contributed by atoms with E-state index < -0.39 is 0 Å². The Labute approximate surface area is 80.1 Å². The molecule has 13 heavy (non-hydrogen) atoms. The number of hydrogen-bond donors (Lipinski definition) is 2. The summed E-state index contributed by atoms with van der Waals surface area (Å²) in [5, 5.41) is 13.0. The van der Waals surface area contributed by atoms with Crippen LogP contribution in [0, 0.1) is 5.92 Å². The topological polar surface area (TPSA) is 35.5 Å². The first-order valence-electron chi connectivity index (χ1n) is 5.40. The molecule has 2 aliphatic rings. The van der Waals surface area contributed by atoms with E-state index in [0.29, 0.717) is 6.04 Å². The SMILES string of the molecule is CC1CCCN(C2CNCC2O)C1. The Kier molecular flexibility index (Phi) is 2.86. The summed E-state index contributed by atoms with van der Waals surface area (Å²) in [5.41, 5.74) is 0. The van der Waals surface area contributed by atoms with Gasteiger partial charge in [0.05, 0.1) is 6.10 Å².